The van der Waals surface area contributed by atoms with Gasteiger partial charge in [-0.2, -0.15) is 0 Å². The Morgan fingerprint density at radius 2 is 2.10 bits per heavy atom. The van der Waals surface area contributed by atoms with Crippen molar-refractivity contribution in [3.05, 3.63) is 11.9 Å². The van der Waals surface area contributed by atoms with Crippen LogP contribution in [0.15, 0.2) is 6.20 Å². The van der Waals surface area contributed by atoms with Crippen LogP contribution in [0.25, 0.3) is 0 Å². The van der Waals surface area contributed by atoms with Crippen LogP contribution in [0.2, 0.25) is 0 Å². The Morgan fingerprint density at radius 3 is 2.85 bits per heavy atom. The summed E-state index contributed by atoms with van der Waals surface area (Å²) in [4.78, 5) is 0. The van der Waals surface area contributed by atoms with Gasteiger partial charge in [-0.1, -0.05) is 19.1 Å². The summed E-state index contributed by atoms with van der Waals surface area (Å²) in [5.41, 5.74) is 0.997. The monoisotopic (exact) mass is 282 g/mol. The van der Waals surface area contributed by atoms with Crippen molar-refractivity contribution >= 4 is 0 Å². The van der Waals surface area contributed by atoms with Gasteiger partial charge in [-0.05, 0) is 18.8 Å². The van der Waals surface area contributed by atoms with E-state index in [1.54, 1.807) is 0 Å². The molecule has 114 valence electrons. The number of nitrogens with zero attached hydrogens (tertiary/aromatic N) is 3. The van der Waals surface area contributed by atoms with Gasteiger partial charge in [0.25, 0.3) is 0 Å². The molecule has 6 nitrogen and oxygen atoms in total. The minimum Gasteiger partial charge on any atom is -0.379 e. The van der Waals surface area contributed by atoms with E-state index >= 15 is 0 Å². The first-order chi connectivity index (χ1) is 9.74. The van der Waals surface area contributed by atoms with Crippen LogP contribution >= 0.6 is 0 Å². The third kappa shape index (κ3) is 6.45. The molecule has 0 saturated heterocycles. The van der Waals surface area contributed by atoms with Crippen molar-refractivity contribution in [2.24, 2.45) is 5.92 Å². The minimum atomic E-state index is 0.577. The highest BCUT2D eigenvalue weighted by atomic mass is 16.5. The Kier molecular flexibility index (Phi) is 6.42. The third-order valence-corrected chi connectivity index (χ3v) is 3.02. The molecular weight excluding hydrogens is 256 g/mol. The molecule has 1 aromatic rings. The zero-order chi connectivity index (χ0) is 14.2. The molecule has 2 rings (SSSR count). The second-order valence-electron chi connectivity index (χ2n) is 5.71. The predicted molar refractivity (Wildman–Crippen MR) is 76.4 cm³/mol. The smallest absolute Gasteiger partial charge is 0.0964 e. The van der Waals surface area contributed by atoms with Crippen molar-refractivity contribution in [3.63, 3.8) is 0 Å². The molecule has 0 atom stereocenters. The van der Waals surface area contributed by atoms with E-state index in [2.05, 4.69) is 29.5 Å². The molecule has 1 aliphatic carbocycles. The van der Waals surface area contributed by atoms with Crippen LogP contribution in [0.4, 0.5) is 0 Å². The minimum absolute atomic E-state index is 0.577. The lowest BCUT2D eigenvalue weighted by atomic mass is 10.2. The molecule has 0 aromatic carbocycles. The van der Waals surface area contributed by atoms with E-state index in [9.17, 15) is 0 Å². The average molecular weight is 282 g/mol. The second-order valence-corrected chi connectivity index (χ2v) is 5.71. The Balaban J connectivity index is 1.48. The summed E-state index contributed by atoms with van der Waals surface area (Å²) in [6, 6.07) is 0.703. The summed E-state index contributed by atoms with van der Waals surface area (Å²) in [7, 11) is 0. The number of rotatable bonds is 11. The van der Waals surface area contributed by atoms with Gasteiger partial charge < -0.3 is 14.8 Å². The maximum absolute atomic E-state index is 5.51. The standard InChI is InChI=1S/C14H26N4O2/c1-12(2)11-20-8-7-19-6-5-18-10-14(16-17-18)9-15-13-3-4-13/h10,12-13,15H,3-9,11H2,1-2H3. The molecule has 0 amide bonds. The molecule has 20 heavy (non-hydrogen) atoms. The van der Waals surface area contributed by atoms with Crippen molar-refractivity contribution in [1.29, 1.82) is 0 Å². The molecule has 0 radical (unpaired) electrons. The molecule has 1 heterocycles. The Hall–Kier alpha value is -0.980. The Morgan fingerprint density at radius 1 is 1.30 bits per heavy atom. The summed E-state index contributed by atoms with van der Waals surface area (Å²) in [6.45, 7) is 8.56. The van der Waals surface area contributed by atoms with E-state index in [-0.39, 0.29) is 0 Å². The van der Waals surface area contributed by atoms with Crippen molar-refractivity contribution in [3.8, 4) is 0 Å². The molecule has 0 bridgehead atoms. The van der Waals surface area contributed by atoms with E-state index in [4.69, 9.17) is 9.47 Å². The zero-order valence-corrected chi connectivity index (χ0v) is 12.5. The van der Waals surface area contributed by atoms with Crippen LogP contribution in [0, 0.1) is 5.92 Å². The van der Waals surface area contributed by atoms with E-state index in [0.29, 0.717) is 31.8 Å². The molecule has 0 unspecified atom stereocenters. The highest BCUT2D eigenvalue weighted by molar-refractivity contribution is 4.94. The van der Waals surface area contributed by atoms with Crippen LogP contribution in [0.3, 0.4) is 0 Å². The van der Waals surface area contributed by atoms with Gasteiger partial charge in [0.15, 0.2) is 0 Å². The SMILES string of the molecule is CC(C)COCCOCCn1cc(CNC2CC2)nn1. The van der Waals surface area contributed by atoms with Crippen molar-refractivity contribution in [1.82, 2.24) is 20.3 Å². The summed E-state index contributed by atoms with van der Waals surface area (Å²) >= 11 is 0. The second kappa shape index (κ2) is 8.34. The van der Waals surface area contributed by atoms with Crippen LogP contribution in [-0.4, -0.2) is 47.5 Å². The van der Waals surface area contributed by atoms with Crippen molar-refractivity contribution in [2.75, 3.05) is 26.4 Å². The van der Waals surface area contributed by atoms with Gasteiger partial charge in [-0.25, -0.2) is 4.68 Å². The molecule has 0 aliphatic heterocycles. The lowest BCUT2D eigenvalue weighted by Gasteiger charge is -2.07. The fraction of sp³-hybridized carbons (Fsp3) is 0.857. The summed E-state index contributed by atoms with van der Waals surface area (Å²) in [5.74, 6) is 0.577. The zero-order valence-electron chi connectivity index (χ0n) is 12.5. The lowest BCUT2D eigenvalue weighted by molar-refractivity contribution is 0.0345. The number of hydrogen-bond donors (Lipinski definition) is 1. The molecule has 1 N–H and O–H groups in total. The summed E-state index contributed by atoms with van der Waals surface area (Å²) in [6.07, 6.45) is 4.57. The Bertz CT molecular complexity index is 377. The topological polar surface area (TPSA) is 61.2 Å². The predicted octanol–water partition coefficient (Wildman–Crippen LogP) is 1.22. The van der Waals surface area contributed by atoms with E-state index < -0.39 is 0 Å². The normalized spacial score (nSPS) is 15.2. The fourth-order valence-electron chi connectivity index (χ4n) is 1.76. The van der Waals surface area contributed by atoms with E-state index in [0.717, 1.165) is 25.4 Å². The van der Waals surface area contributed by atoms with Crippen LogP contribution < -0.4 is 5.32 Å². The first-order valence-electron chi connectivity index (χ1n) is 7.52. The quantitative estimate of drug-likeness (QED) is 0.618. The summed E-state index contributed by atoms with van der Waals surface area (Å²) < 4.78 is 12.8. The maximum Gasteiger partial charge on any atom is 0.0964 e. The van der Waals surface area contributed by atoms with Crippen molar-refractivity contribution in [2.45, 2.75) is 45.8 Å². The molecule has 1 fully saturated rings. The highest BCUT2D eigenvalue weighted by Crippen LogP contribution is 2.18. The fourth-order valence-corrected chi connectivity index (χ4v) is 1.76. The largest absolute Gasteiger partial charge is 0.379 e. The third-order valence-electron chi connectivity index (χ3n) is 3.02. The molecule has 1 aliphatic rings. The van der Waals surface area contributed by atoms with E-state index in [1.165, 1.54) is 12.8 Å². The van der Waals surface area contributed by atoms with Gasteiger partial charge in [-0.15, -0.1) is 5.10 Å². The Labute approximate surface area is 120 Å². The number of aromatic nitrogens is 3. The van der Waals surface area contributed by atoms with Gasteiger partial charge in [0.2, 0.25) is 0 Å². The van der Waals surface area contributed by atoms with Crippen molar-refractivity contribution < 1.29 is 9.47 Å². The molecule has 6 heteroatoms. The maximum atomic E-state index is 5.51. The average Bonchev–Trinajstić information content (AvgIpc) is 3.14. The van der Waals surface area contributed by atoms with Gasteiger partial charge in [0, 0.05) is 25.4 Å². The molecule has 0 spiro atoms. The van der Waals surface area contributed by atoms with Gasteiger partial charge in [0.05, 0.1) is 32.1 Å². The summed E-state index contributed by atoms with van der Waals surface area (Å²) in [5, 5.41) is 11.6. The van der Waals surface area contributed by atoms with Crippen LogP contribution in [-0.2, 0) is 22.6 Å². The number of hydrogen-bond acceptors (Lipinski definition) is 5. The van der Waals surface area contributed by atoms with Crippen LogP contribution in [0.5, 0.6) is 0 Å². The van der Waals surface area contributed by atoms with Crippen LogP contribution in [0.1, 0.15) is 32.4 Å². The molecule has 1 saturated carbocycles. The lowest BCUT2D eigenvalue weighted by Crippen LogP contribution is -2.15. The van der Waals surface area contributed by atoms with Gasteiger partial charge in [0.1, 0.15) is 0 Å². The van der Waals surface area contributed by atoms with Gasteiger partial charge in [-0.3, -0.25) is 0 Å². The number of ether oxygens (including phenoxy) is 2. The highest BCUT2D eigenvalue weighted by Gasteiger charge is 2.20. The first-order valence-corrected chi connectivity index (χ1v) is 7.52. The van der Waals surface area contributed by atoms with Gasteiger partial charge >= 0.3 is 0 Å². The van der Waals surface area contributed by atoms with E-state index in [1.807, 2.05) is 10.9 Å². The molecular formula is C14H26N4O2. The number of nitrogens with one attached hydrogen (secondary N) is 1. The first kappa shape index (κ1) is 15.4. The molecule has 1 aromatic heterocycles.